The van der Waals surface area contributed by atoms with E-state index in [0.717, 1.165) is 37.8 Å². The van der Waals surface area contributed by atoms with E-state index in [1.807, 2.05) is 0 Å². The maximum absolute atomic E-state index is 13.9. The summed E-state index contributed by atoms with van der Waals surface area (Å²) >= 11 is 0. The second-order valence-electron chi connectivity index (χ2n) is 8.41. The molecule has 0 aromatic heterocycles. The molecule has 1 aromatic rings. The fourth-order valence-corrected chi connectivity index (χ4v) is 5.24. The van der Waals surface area contributed by atoms with Gasteiger partial charge in [-0.2, -0.15) is 0 Å². The van der Waals surface area contributed by atoms with Crippen LogP contribution in [0.5, 0.6) is 0 Å². The molecule has 2 N–H and O–H groups in total. The van der Waals surface area contributed by atoms with Crippen LogP contribution in [0.2, 0.25) is 0 Å². The Balaban J connectivity index is 1.36. The summed E-state index contributed by atoms with van der Waals surface area (Å²) in [5.41, 5.74) is 5.81. The predicted octanol–water partition coefficient (Wildman–Crippen LogP) is 2.40. The second kappa shape index (κ2) is 7.78. The van der Waals surface area contributed by atoms with E-state index in [9.17, 15) is 18.4 Å². The minimum Gasteiger partial charge on any atom is -0.339 e. The van der Waals surface area contributed by atoms with E-state index in [1.54, 1.807) is 4.90 Å². The topological polar surface area (TPSA) is 66.6 Å². The monoisotopic (exact) mass is 391 g/mol. The molecule has 152 valence electrons. The zero-order chi connectivity index (χ0) is 19.8. The van der Waals surface area contributed by atoms with Gasteiger partial charge in [0.25, 0.3) is 5.91 Å². The van der Waals surface area contributed by atoms with Gasteiger partial charge in [0.1, 0.15) is 17.2 Å². The quantitative estimate of drug-likeness (QED) is 0.842. The molecular formula is C21H27F2N3O2. The minimum atomic E-state index is -0.853. The molecule has 2 unspecified atom stereocenters. The number of piperazine rings is 1. The van der Waals surface area contributed by atoms with Gasteiger partial charge in [-0.15, -0.1) is 0 Å². The summed E-state index contributed by atoms with van der Waals surface area (Å²) in [5, 5.41) is 0. The van der Waals surface area contributed by atoms with Crippen LogP contribution in [0.4, 0.5) is 8.78 Å². The maximum Gasteiger partial charge on any atom is 0.259 e. The smallest absolute Gasteiger partial charge is 0.259 e. The van der Waals surface area contributed by atoms with Crippen LogP contribution in [0.25, 0.3) is 0 Å². The first-order valence-corrected chi connectivity index (χ1v) is 10.2. The Bertz CT molecular complexity index is 730. The van der Waals surface area contributed by atoms with E-state index < -0.39 is 23.1 Å². The summed E-state index contributed by atoms with van der Waals surface area (Å²) in [6.07, 6.45) is 5.14. The number of carbonyl (C=O) groups excluding carboxylic acids is 2. The van der Waals surface area contributed by atoms with E-state index in [2.05, 4.69) is 0 Å². The molecule has 2 atom stereocenters. The van der Waals surface area contributed by atoms with Crippen molar-refractivity contribution in [1.29, 1.82) is 0 Å². The molecule has 2 saturated carbocycles. The first-order valence-electron chi connectivity index (χ1n) is 10.2. The molecule has 0 radical (unpaired) electrons. The molecule has 1 saturated heterocycles. The zero-order valence-electron chi connectivity index (χ0n) is 15.9. The van der Waals surface area contributed by atoms with Gasteiger partial charge in [-0.25, -0.2) is 8.78 Å². The van der Waals surface area contributed by atoms with Gasteiger partial charge in [-0.05, 0) is 49.7 Å². The normalized spacial score (nSPS) is 30.2. The summed E-state index contributed by atoms with van der Waals surface area (Å²) in [7, 11) is 0. The first-order chi connectivity index (χ1) is 13.5. The van der Waals surface area contributed by atoms with Crippen LogP contribution in [0.15, 0.2) is 18.2 Å². The SMILES string of the molecule is NC1C2CCCC1CC(C(=O)N1CCN(C(=O)c3c(F)cccc3F)CC1)C2. The number of benzene rings is 1. The highest BCUT2D eigenvalue weighted by Gasteiger charge is 2.42. The lowest BCUT2D eigenvalue weighted by atomic mass is 9.65. The highest BCUT2D eigenvalue weighted by Crippen LogP contribution is 2.42. The van der Waals surface area contributed by atoms with E-state index >= 15 is 0 Å². The van der Waals surface area contributed by atoms with Crippen LogP contribution in [-0.2, 0) is 4.79 Å². The van der Waals surface area contributed by atoms with Crippen LogP contribution in [0.1, 0.15) is 42.5 Å². The minimum absolute atomic E-state index is 0.0152. The van der Waals surface area contributed by atoms with E-state index in [0.29, 0.717) is 24.9 Å². The molecule has 0 spiro atoms. The number of amides is 2. The Hall–Kier alpha value is -2.02. The second-order valence-corrected chi connectivity index (χ2v) is 8.41. The number of hydrogen-bond donors (Lipinski definition) is 1. The van der Waals surface area contributed by atoms with Gasteiger partial charge in [-0.3, -0.25) is 9.59 Å². The zero-order valence-corrected chi connectivity index (χ0v) is 15.9. The van der Waals surface area contributed by atoms with Crippen molar-refractivity contribution >= 4 is 11.8 Å². The molecule has 5 nitrogen and oxygen atoms in total. The van der Waals surface area contributed by atoms with Gasteiger partial charge >= 0.3 is 0 Å². The number of rotatable bonds is 2. The maximum atomic E-state index is 13.9. The summed E-state index contributed by atoms with van der Waals surface area (Å²) < 4.78 is 27.8. The van der Waals surface area contributed by atoms with E-state index in [-0.39, 0.29) is 31.0 Å². The summed E-state index contributed by atoms with van der Waals surface area (Å²) in [4.78, 5) is 28.8. The Kier molecular flexibility index (Phi) is 5.36. The van der Waals surface area contributed by atoms with Crippen molar-refractivity contribution in [2.45, 2.75) is 38.1 Å². The Morgan fingerprint density at radius 2 is 1.46 bits per heavy atom. The highest BCUT2D eigenvalue weighted by atomic mass is 19.1. The number of halogens is 2. The van der Waals surface area contributed by atoms with Crippen molar-refractivity contribution in [3.8, 4) is 0 Å². The van der Waals surface area contributed by atoms with E-state index in [1.165, 1.54) is 17.4 Å². The third-order valence-electron chi connectivity index (χ3n) is 6.82. The third kappa shape index (κ3) is 3.52. The summed E-state index contributed by atoms with van der Waals surface area (Å²) in [6.45, 7) is 1.38. The molecule has 2 amide bonds. The van der Waals surface area contributed by atoms with Crippen molar-refractivity contribution in [3.05, 3.63) is 35.4 Å². The number of hydrogen-bond acceptors (Lipinski definition) is 3. The Morgan fingerprint density at radius 3 is 2.04 bits per heavy atom. The molecule has 4 rings (SSSR count). The van der Waals surface area contributed by atoms with Crippen LogP contribution < -0.4 is 5.73 Å². The molecule has 2 bridgehead atoms. The molecule has 3 fully saturated rings. The van der Waals surface area contributed by atoms with E-state index in [4.69, 9.17) is 5.73 Å². The van der Waals surface area contributed by atoms with Gasteiger partial charge in [0.2, 0.25) is 5.91 Å². The van der Waals surface area contributed by atoms with Crippen molar-refractivity contribution in [3.63, 3.8) is 0 Å². The van der Waals surface area contributed by atoms with Crippen molar-refractivity contribution in [1.82, 2.24) is 9.80 Å². The first kappa shape index (κ1) is 19.3. The van der Waals surface area contributed by atoms with Crippen molar-refractivity contribution in [2.75, 3.05) is 26.2 Å². The number of carbonyl (C=O) groups is 2. The lowest BCUT2D eigenvalue weighted by molar-refractivity contribution is -0.140. The molecule has 28 heavy (non-hydrogen) atoms. The van der Waals surface area contributed by atoms with Crippen LogP contribution in [0.3, 0.4) is 0 Å². The van der Waals surface area contributed by atoms with Crippen molar-refractivity contribution < 1.29 is 18.4 Å². The Morgan fingerprint density at radius 1 is 0.929 bits per heavy atom. The lowest BCUT2D eigenvalue weighted by Crippen LogP contribution is -2.54. The average molecular weight is 391 g/mol. The molecule has 1 heterocycles. The van der Waals surface area contributed by atoms with Gasteiger partial charge in [-0.1, -0.05) is 12.5 Å². The van der Waals surface area contributed by atoms with Gasteiger partial charge < -0.3 is 15.5 Å². The van der Waals surface area contributed by atoms with Crippen molar-refractivity contribution in [2.24, 2.45) is 23.5 Å². The molecule has 1 aromatic carbocycles. The fraction of sp³-hybridized carbons (Fsp3) is 0.619. The largest absolute Gasteiger partial charge is 0.339 e. The number of fused-ring (bicyclic) bond motifs is 2. The molecule has 7 heteroatoms. The van der Waals surface area contributed by atoms with Crippen LogP contribution in [0, 0.1) is 29.4 Å². The van der Waals surface area contributed by atoms with Crippen LogP contribution >= 0.6 is 0 Å². The Labute approximate surface area is 163 Å². The van der Waals surface area contributed by atoms with Gasteiger partial charge in [0, 0.05) is 38.1 Å². The van der Waals surface area contributed by atoms with Gasteiger partial charge in [0.05, 0.1) is 0 Å². The lowest BCUT2D eigenvalue weighted by Gasteiger charge is -2.45. The molecular weight excluding hydrogens is 364 g/mol. The average Bonchev–Trinajstić information content (AvgIpc) is 2.67. The number of nitrogens with two attached hydrogens (primary N) is 1. The highest BCUT2D eigenvalue weighted by molar-refractivity contribution is 5.95. The molecule has 1 aliphatic heterocycles. The molecule has 3 aliphatic rings. The number of nitrogens with zero attached hydrogens (tertiary/aromatic N) is 2. The third-order valence-corrected chi connectivity index (χ3v) is 6.82. The fourth-order valence-electron chi connectivity index (χ4n) is 5.24. The summed E-state index contributed by atoms with van der Waals surface area (Å²) in [6, 6.07) is 3.63. The van der Waals surface area contributed by atoms with Gasteiger partial charge in [0.15, 0.2) is 0 Å². The standard InChI is InChI=1S/C21H27F2N3O2/c22-16-5-2-6-17(23)18(16)21(28)26-9-7-25(8-10-26)20(27)15-11-13-3-1-4-14(12-15)19(13)24/h2,5-6,13-15,19H,1,3-4,7-12,24H2. The predicted molar refractivity (Wildman–Crippen MR) is 100 cm³/mol. The van der Waals surface area contributed by atoms with Crippen LogP contribution in [-0.4, -0.2) is 53.8 Å². The molecule has 2 aliphatic carbocycles. The summed E-state index contributed by atoms with van der Waals surface area (Å²) in [5.74, 6) is -1.32.